The van der Waals surface area contributed by atoms with E-state index < -0.39 is 0 Å². The van der Waals surface area contributed by atoms with Crippen LogP contribution < -0.4 is 0 Å². The van der Waals surface area contributed by atoms with Crippen LogP contribution in [0.1, 0.15) is 130 Å². The maximum atomic E-state index is 12.0. The second-order valence-electron chi connectivity index (χ2n) is 9.60. The number of ether oxygens (including phenoxy) is 4. The summed E-state index contributed by atoms with van der Waals surface area (Å²) in [5.41, 5.74) is 0. The fourth-order valence-corrected chi connectivity index (χ4v) is 3.97. The van der Waals surface area contributed by atoms with Gasteiger partial charge in [0.15, 0.2) is 0 Å². The maximum Gasteiger partial charge on any atom is 0.305 e. The molecule has 0 bridgehead atoms. The summed E-state index contributed by atoms with van der Waals surface area (Å²) in [6, 6.07) is 0. The van der Waals surface area contributed by atoms with Crippen LogP contribution >= 0.6 is 0 Å². The average Bonchev–Trinajstić information content (AvgIpc) is 2.84. The first kappa shape index (κ1) is 33.4. The highest BCUT2D eigenvalue weighted by Crippen LogP contribution is 2.18. The Bertz CT molecular complexity index is 402. The Morgan fingerprint density at radius 1 is 0.529 bits per heavy atom. The molecule has 34 heavy (non-hydrogen) atoms. The van der Waals surface area contributed by atoms with Gasteiger partial charge in [0.25, 0.3) is 0 Å². The highest BCUT2D eigenvalue weighted by molar-refractivity contribution is 5.69. The molecule has 0 fully saturated rings. The van der Waals surface area contributed by atoms with Gasteiger partial charge in [-0.05, 0) is 31.6 Å². The van der Waals surface area contributed by atoms with Gasteiger partial charge in [-0.25, -0.2) is 0 Å². The first-order chi connectivity index (χ1) is 16.7. The molecule has 0 aromatic carbocycles. The maximum absolute atomic E-state index is 12.0. The monoisotopic (exact) mass is 486 g/mol. The molecule has 0 N–H and O–H groups in total. The van der Waals surface area contributed by atoms with Crippen LogP contribution in [-0.4, -0.2) is 52.2 Å². The normalized spacial score (nSPS) is 12.2. The fraction of sp³-hybridized carbons (Fsp3) is 0.966. The second kappa shape index (κ2) is 28.6. The lowest BCUT2D eigenvalue weighted by Gasteiger charge is -2.16. The van der Waals surface area contributed by atoms with Crippen molar-refractivity contribution < 1.29 is 23.7 Å². The topological polar surface area (TPSA) is 54.0 Å². The minimum atomic E-state index is -0.0898. The first-order valence-corrected chi connectivity index (χ1v) is 14.6. The van der Waals surface area contributed by atoms with Crippen molar-refractivity contribution in [3.8, 4) is 0 Å². The van der Waals surface area contributed by atoms with Crippen LogP contribution in [0.25, 0.3) is 0 Å². The van der Waals surface area contributed by atoms with E-state index in [0.29, 0.717) is 58.4 Å². The molecular formula is C29H58O5. The number of rotatable bonds is 28. The third kappa shape index (κ3) is 26.0. The summed E-state index contributed by atoms with van der Waals surface area (Å²) < 4.78 is 22.3. The van der Waals surface area contributed by atoms with Crippen molar-refractivity contribution in [3.05, 3.63) is 0 Å². The van der Waals surface area contributed by atoms with E-state index in [-0.39, 0.29) is 5.97 Å². The second-order valence-corrected chi connectivity index (χ2v) is 9.60. The smallest absolute Gasteiger partial charge is 0.305 e. The zero-order valence-corrected chi connectivity index (χ0v) is 23.1. The van der Waals surface area contributed by atoms with Crippen molar-refractivity contribution >= 4 is 5.97 Å². The minimum Gasteiger partial charge on any atom is -0.465 e. The van der Waals surface area contributed by atoms with E-state index in [2.05, 4.69) is 20.8 Å². The molecule has 5 nitrogen and oxygen atoms in total. The molecule has 0 amide bonds. The lowest BCUT2D eigenvalue weighted by atomic mass is 9.96. The van der Waals surface area contributed by atoms with Gasteiger partial charge in [-0.1, -0.05) is 97.8 Å². The van der Waals surface area contributed by atoms with E-state index in [4.69, 9.17) is 18.9 Å². The molecule has 0 radical (unpaired) electrons. The average molecular weight is 487 g/mol. The summed E-state index contributed by atoms with van der Waals surface area (Å²) in [5.74, 6) is 0.432. The summed E-state index contributed by atoms with van der Waals surface area (Å²) in [6.07, 6.45) is 20.2. The van der Waals surface area contributed by atoms with Gasteiger partial charge in [-0.15, -0.1) is 0 Å². The zero-order valence-electron chi connectivity index (χ0n) is 23.1. The van der Waals surface area contributed by atoms with Gasteiger partial charge in [-0.3, -0.25) is 4.79 Å². The van der Waals surface area contributed by atoms with Crippen LogP contribution in [0, 0.1) is 5.92 Å². The van der Waals surface area contributed by atoms with Gasteiger partial charge in [0.2, 0.25) is 0 Å². The number of esters is 1. The van der Waals surface area contributed by atoms with Gasteiger partial charge < -0.3 is 18.9 Å². The van der Waals surface area contributed by atoms with Crippen molar-refractivity contribution in [1.82, 2.24) is 0 Å². The van der Waals surface area contributed by atoms with E-state index in [9.17, 15) is 4.79 Å². The van der Waals surface area contributed by atoms with E-state index in [1.54, 1.807) is 0 Å². The van der Waals surface area contributed by atoms with E-state index in [0.717, 1.165) is 13.0 Å². The predicted molar refractivity (Wildman–Crippen MR) is 142 cm³/mol. The Morgan fingerprint density at radius 3 is 1.62 bits per heavy atom. The number of carbonyl (C=O) groups excluding carboxylic acids is 1. The quantitative estimate of drug-likeness (QED) is 0.0831. The summed E-state index contributed by atoms with van der Waals surface area (Å²) in [4.78, 5) is 12.0. The molecule has 5 heteroatoms. The van der Waals surface area contributed by atoms with Gasteiger partial charge in [0.05, 0.1) is 33.0 Å². The molecule has 0 spiro atoms. The Morgan fingerprint density at radius 2 is 1.00 bits per heavy atom. The number of hydrogen-bond donors (Lipinski definition) is 0. The zero-order chi connectivity index (χ0) is 25.0. The molecule has 204 valence electrons. The molecule has 0 saturated heterocycles. The van der Waals surface area contributed by atoms with E-state index >= 15 is 0 Å². The minimum absolute atomic E-state index is 0.0898. The van der Waals surface area contributed by atoms with Crippen LogP contribution in [0.3, 0.4) is 0 Å². The molecule has 1 unspecified atom stereocenters. The van der Waals surface area contributed by atoms with Gasteiger partial charge in [-0.2, -0.15) is 0 Å². The standard InChI is InChI=1S/C29H58O5/c1-4-7-10-12-13-14-16-21-31-23-25-33-26-24-32-22-17-20-29(30)34-27-28(18-9-6-3)19-15-11-8-5-2/h28H,4-27H2,1-3H3. The lowest BCUT2D eigenvalue weighted by molar-refractivity contribution is -0.145. The Hall–Kier alpha value is -0.650. The van der Waals surface area contributed by atoms with Crippen LogP contribution in [-0.2, 0) is 23.7 Å². The highest BCUT2D eigenvalue weighted by atomic mass is 16.5. The summed E-state index contributed by atoms with van der Waals surface area (Å²) in [7, 11) is 0. The van der Waals surface area contributed by atoms with Gasteiger partial charge in [0, 0.05) is 19.6 Å². The highest BCUT2D eigenvalue weighted by Gasteiger charge is 2.12. The molecular weight excluding hydrogens is 428 g/mol. The van der Waals surface area contributed by atoms with Crippen molar-refractivity contribution in [3.63, 3.8) is 0 Å². The third-order valence-corrected chi connectivity index (χ3v) is 6.22. The molecule has 0 aliphatic heterocycles. The molecule has 0 heterocycles. The number of hydrogen-bond acceptors (Lipinski definition) is 5. The lowest BCUT2D eigenvalue weighted by Crippen LogP contribution is -2.15. The van der Waals surface area contributed by atoms with Crippen molar-refractivity contribution in [2.45, 2.75) is 130 Å². The molecule has 1 atom stereocenters. The Balaban J connectivity index is 3.44. The predicted octanol–water partition coefficient (Wildman–Crippen LogP) is 7.89. The van der Waals surface area contributed by atoms with E-state index in [1.807, 2.05) is 0 Å². The molecule has 0 aromatic heterocycles. The molecule has 0 saturated carbocycles. The summed E-state index contributed by atoms with van der Waals surface area (Å²) in [6.45, 7) is 11.1. The first-order valence-electron chi connectivity index (χ1n) is 14.6. The van der Waals surface area contributed by atoms with Crippen molar-refractivity contribution in [1.29, 1.82) is 0 Å². The van der Waals surface area contributed by atoms with Crippen molar-refractivity contribution in [2.24, 2.45) is 5.92 Å². The number of carbonyl (C=O) groups is 1. The van der Waals surface area contributed by atoms with Crippen LogP contribution in [0.15, 0.2) is 0 Å². The van der Waals surface area contributed by atoms with Gasteiger partial charge >= 0.3 is 5.97 Å². The summed E-state index contributed by atoms with van der Waals surface area (Å²) >= 11 is 0. The van der Waals surface area contributed by atoms with Crippen LogP contribution in [0.4, 0.5) is 0 Å². The van der Waals surface area contributed by atoms with E-state index in [1.165, 1.54) is 89.9 Å². The van der Waals surface area contributed by atoms with Crippen LogP contribution in [0.2, 0.25) is 0 Å². The van der Waals surface area contributed by atoms with Gasteiger partial charge in [0.1, 0.15) is 0 Å². The molecule has 0 rings (SSSR count). The third-order valence-electron chi connectivity index (χ3n) is 6.22. The molecule has 0 aromatic rings. The Labute approximate surface area is 212 Å². The van der Waals surface area contributed by atoms with Crippen LogP contribution in [0.5, 0.6) is 0 Å². The molecule has 0 aliphatic carbocycles. The molecule has 0 aliphatic rings. The largest absolute Gasteiger partial charge is 0.465 e. The Kier molecular flexibility index (Phi) is 28.0. The summed E-state index contributed by atoms with van der Waals surface area (Å²) in [5, 5.41) is 0. The fourth-order valence-electron chi connectivity index (χ4n) is 3.97. The van der Waals surface area contributed by atoms with Crippen molar-refractivity contribution in [2.75, 3.05) is 46.2 Å². The SMILES string of the molecule is CCCCCCCCCOCCOCCOCCCC(=O)OCC(CCCC)CCCCCC. The number of unbranched alkanes of at least 4 members (excludes halogenated alkanes) is 10.